The fourth-order valence-corrected chi connectivity index (χ4v) is 1.87. The SMILES string of the molecule is CCC(=O)OB1OCC=CC[C@@H]1NC(=O)CSC. The van der Waals surface area contributed by atoms with E-state index >= 15 is 0 Å². The van der Waals surface area contributed by atoms with E-state index in [1.54, 1.807) is 6.92 Å². The molecule has 7 heteroatoms. The maximum Gasteiger partial charge on any atom is 0.551 e. The fraction of sp³-hybridized carbons (Fsp3) is 0.636. The fourth-order valence-electron chi connectivity index (χ4n) is 1.52. The molecule has 0 unspecified atom stereocenters. The molecule has 1 aliphatic rings. The van der Waals surface area contributed by atoms with E-state index in [2.05, 4.69) is 5.32 Å². The summed E-state index contributed by atoms with van der Waals surface area (Å²) in [5.41, 5.74) is 0. The molecule has 1 heterocycles. The molecule has 18 heavy (non-hydrogen) atoms. The zero-order valence-corrected chi connectivity index (χ0v) is 11.5. The van der Waals surface area contributed by atoms with Gasteiger partial charge in [-0.2, -0.15) is 11.8 Å². The molecule has 1 aliphatic heterocycles. The zero-order chi connectivity index (χ0) is 13.4. The predicted molar refractivity (Wildman–Crippen MR) is 72.2 cm³/mol. The highest BCUT2D eigenvalue weighted by atomic mass is 32.2. The summed E-state index contributed by atoms with van der Waals surface area (Å²) in [6.45, 7) is 2.11. The first kappa shape index (κ1) is 15.1. The van der Waals surface area contributed by atoms with E-state index in [9.17, 15) is 9.59 Å². The molecule has 0 aromatic heterocycles. The molecule has 0 fully saturated rings. The van der Waals surface area contributed by atoms with Crippen molar-refractivity contribution in [2.24, 2.45) is 0 Å². The van der Waals surface area contributed by atoms with E-state index in [1.165, 1.54) is 11.8 Å². The Kier molecular flexibility index (Phi) is 6.89. The summed E-state index contributed by atoms with van der Waals surface area (Å²) in [6, 6.07) is 0. The summed E-state index contributed by atoms with van der Waals surface area (Å²) in [5.74, 6) is -0.344. The second-order valence-electron chi connectivity index (χ2n) is 3.86. The van der Waals surface area contributed by atoms with E-state index in [4.69, 9.17) is 9.31 Å². The normalized spacial score (nSPS) is 19.2. The summed E-state index contributed by atoms with van der Waals surface area (Å²) in [4.78, 5) is 22.9. The van der Waals surface area contributed by atoms with Gasteiger partial charge in [0.05, 0.1) is 18.3 Å². The minimum atomic E-state index is -0.710. The predicted octanol–water partition coefficient (Wildman–Crippen LogP) is 0.791. The smallest absolute Gasteiger partial charge is 0.508 e. The molecule has 0 spiro atoms. The second-order valence-corrected chi connectivity index (χ2v) is 4.73. The van der Waals surface area contributed by atoms with Crippen molar-refractivity contribution in [1.29, 1.82) is 0 Å². The van der Waals surface area contributed by atoms with Crippen molar-refractivity contribution in [2.75, 3.05) is 18.6 Å². The van der Waals surface area contributed by atoms with Crippen molar-refractivity contribution < 1.29 is 18.9 Å². The Bertz CT molecular complexity index is 324. The largest absolute Gasteiger partial charge is 0.551 e. The first-order valence-electron chi connectivity index (χ1n) is 5.91. The number of hydrogen-bond acceptors (Lipinski definition) is 5. The lowest BCUT2D eigenvalue weighted by Crippen LogP contribution is -2.50. The molecule has 0 aromatic rings. The third-order valence-corrected chi connectivity index (χ3v) is 2.95. The molecule has 0 aliphatic carbocycles. The van der Waals surface area contributed by atoms with Gasteiger partial charge in [0.25, 0.3) is 5.97 Å². The lowest BCUT2D eigenvalue weighted by Gasteiger charge is -2.21. The first-order chi connectivity index (χ1) is 8.67. The van der Waals surface area contributed by atoms with Crippen LogP contribution in [-0.2, 0) is 18.9 Å². The van der Waals surface area contributed by atoms with Gasteiger partial charge < -0.3 is 14.6 Å². The molecular formula is C11H18BNO4S. The minimum Gasteiger partial charge on any atom is -0.508 e. The van der Waals surface area contributed by atoms with Crippen molar-refractivity contribution in [3.63, 3.8) is 0 Å². The molecule has 0 radical (unpaired) electrons. The van der Waals surface area contributed by atoms with Crippen LogP contribution >= 0.6 is 11.8 Å². The van der Waals surface area contributed by atoms with Crippen LogP contribution in [0.25, 0.3) is 0 Å². The Balaban J connectivity index is 2.59. The van der Waals surface area contributed by atoms with Gasteiger partial charge in [0.1, 0.15) is 0 Å². The van der Waals surface area contributed by atoms with E-state index in [0.717, 1.165) is 0 Å². The molecule has 0 bridgehead atoms. The van der Waals surface area contributed by atoms with Crippen LogP contribution in [0.3, 0.4) is 0 Å². The van der Waals surface area contributed by atoms with Crippen LogP contribution in [0.5, 0.6) is 0 Å². The summed E-state index contributed by atoms with van der Waals surface area (Å²) in [7, 11) is -0.710. The van der Waals surface area contributed by atoms with Gasteiger partial charge in [-0.1, -0.05) is 19.1 Å². The van der Waals surface area contributed by atoms with E-state index in [0.29, 0.717) is 25.2 Å². The number of carbonyl (C=O) groups excluding carboxylic acids is 2. The number of nitrogens with one attached hydrogen (secondary N) is 1. The number of hydrogen-bond donors (Lipinski definition) is 1. The maximum absolute atomic E-state index is 11.6. The number of thioether (sulfide) groups is 1. The van der Waals surface area contributed by atoms with Crippen LogP contribution < -0.4 is 5.32 Å². The van der Waals surface area contributed by atoms with Gasteiger partial charge in [0.15, 0.2) is 0 Å². The highest BCUT2D eigenvalue weighted by Gasteiger charge is 2.35. The molecule has 1 rings (SSSR count). The van der Waals surface area contributed by atoms with Crippen LogP contribution in [0, 0.1) is 0 Å². The van der Waals surface area contributed by atoms with Crippen molar-refractivity contribution in [3.8, 4) is 0 Å². The lowest BCUT2D eigenvalue weighted by molar-refractivity contribution is -0.136. The maximum atomic E-state index is 11.6. The average Bonchev–Trinajstić information content (AvgIpc) is 2.55. The Morgan fingerprint density at radius 1 is 1.56 bits per heavy atom. The van der Waals surface area contributed by atoms with Gasteiger partial charge in [0, 0.05) is 6.42 Å². The van der Waals surface area contributed by atoms with Gasteiger partial charge in [0.2, 0.25) is 5.91 Å². The van der Waals surface area contributed by atoms with Gasteiger partial charge in [-0.25, -0.2) is 0 Å². The number of carbonyl (C=O) groups is 2. The molecule has 0 aromatic carbocycles. The van der Waals surface area contributed by atoms with Gasteiger partial charge in [-0.15, -0.1) is 0 Å². The van der Waals surface area contributed by atoms with Crippen LogP contribution in [0.15, 0.2) is 12.2 Å². The van der Waals surface area contributed by atoms with Crippen molar-refractivity contribution in [3.05, 3.63) is 12.2 Å². The topological polar surface area (TPSA) is 64.6 Å². The Morgan fingerprint density at radius 2 is 2.33 bits per heavy atom. The number of rotatable bonds is 5. The molecule has 1 atom stereocenters. The lowest BCUT2D eigenvalue weighted by atomic mass is 9.76. The molecule has 100 valence electrons. The first-order valence-corrected chi connectivity index (χ1v) is 7.31. The van der Waals surface area contributed by atoms with Crippen LogP contribution in [-0.4, -0.2) is 43.6 Å². The molecule has 1 N–H and O–H groups in total. The van der Waals surface area contributed by atoms with Crippen molar-refractivity contribution >= 4 is 30.8 Å². The molecule has 5 nitrogen and oxygen atoms in total. The highest BCUT2D eigenvalue weighted by molar-refractivity contribution is 7.99. The summed E-state index contributed by atoms with van der Waals surface area (Å²) < 4.78 is 10.6. The third kappa shape index (κ3) is 5.14. The van der Waals surface area contributed by atoms with E-state index < -0.39 is 7.12 Å². The summed E-state index contributed by atoms with van der Waals surface area (Å²) in [5, 5.41) is 2.83. The molecular weight excluding hydrogens is 253 g/mol. The molecule has 1 amide bonds. The Hall–Kier alpha value is -0.945. The standard InChI is InChI=1S/C11H18BNO4S/c1-3-11(15)17-12-9(6-4-5-7-16-12)13-10(14)8-18-2/h4-5,9H,3,6-8H2,1-2H3,(H,13,14)/t9-/m0/s1. The Morgan fingerprint density at radius 3 is 3.00 bits per heavy atom. The van der Waals surface area contributed by atoms with Crippen LogP contribution in [0.2, 0.25) is 0 Å². The average molecular weight is 271 g/mol. The monoisotopic (exact) mass is 271 g/mol. The van der Waals surface area contributed by atoms with Gasteiger partial charge >= 0.3 is 7.12 Å². The Labute approximate surface area is 112 Å². The quantitative estimate of drug-likeness (QED) is 0.591. The highest BCUT2D eigenvalue weighted by Crippen LogP contribution is 2.09. The third-order valence-electron chi connectivity index (χ3n) is 2.40. The van der Waals surface area contributed by atoms with E-state index in [1.807, 2.05) is 18.4 Å². The zero-order valence-electron chi connectivity index (χ0n) is 10.7. The number of amides is 1. The van der Waals surface area contributed by atoms with Crippen molar-refractivity contribution in [1.82, 2.24) is 5.32 Å². The molecule has 0 saturated heterocycles. The van der Waals surface area contributed by atoms with Crippen LogP contribution in [0.4, 0.5) is 0 Å². The minimum absolute atomic E-state index is 0.0797. The second kappa shape index (κ2) is 8.21. The molecule has 0 saturated carbocycles. The van der Waals surface area contributed by atoms with Gasteiger partial charge in [-0.3, -0.25) is 9.59 Å². The summed E-state index contributed by atoms with van der Waals surface area (Å²) in [6.07, 6.45) is 6.52. The summed E-state index contributed by atoms with van der Waals surface area (Å²) >= 11 is 1.44. The van der Waals surface area contributed by atoms with Crippen molar-refractivity contribution in [2.45, 2.75) is 25.7 Å². The van der Waals surface area contributed by atoms with Crippen LogP contribution in [0.1, 0.15) is 19.8 Å². The van der Waals surface area contributed by atoms with Gasteiger partial charge in [-0.05, 0) is 12.7 Å². The van der Waals surface area contributed by atoms with E-state index in [-0.39, 0.29) is 17.8 Å².